The molecule has 0 radical (unpaired) electrons. The normalized spacial score (nSPS) is 19.1. The zero-order valence-electron chi connectivity index (χ0n) is 41.2. The van der Waals surface area contributed by atoms with Gasteiger partial charge >= 0.3 is 6.18 Å². The number of nitrogens with one attached hydrogen (secondary N) is 3. The summed E-state index contributed by atoms with van der Waals surface area (Å²) in [5.74, 6) is -2.66. The summed E-state index contributed by atoms with van der Waals surface area (Å²) in [5, 5.41) is 9.95. The number of rotatable bonds is 15. The molecule has 4 fully saturated rings. The number of carbonyl (C=O) groups excluding carboxylic acids is 2. The molecule has 4 aliphatic heterocycles. The minimum Gasteiger partial charge on any atom is -0.482 e. The number of alkyl halides is 3. The molecule has 73 heavy (non-hydrogen) atoms. The molecule has 1 unspecified atom stereocenters. The van der Waals surface area contributed by atoms with Gasteiger partial charge in [-0.05, 0) is 116 Å². The quantitative estimate of drug-likeness (QED) is 0.0520. The van der Waals surface area contributed by atoms with E-state index in [1.54, 1.807) is 25.6 Å². The number of ether oxygens (including phenoxy) is 1. The van der Waals surface area contributed by atoms with Crippen molar-refractivity contribution in [2.45, 2.75) is 76.4 Å². The first kappa shape index (κ1) is 52.4. The second-order valence-corrected chi connectivity index (χ2v) is 23.9. The van der Waals surface area contributed by atoms with Crippen LogP contribution in [0.3, 0.4) is 0 Å². The fraction of sp³-hybridized carbons (Fsp3) is 0.481. The molecule has 14 nitrogen and oxygen atoms in total. The highest BCUT2D eigenvalue weighted by Gasteiger charge is 2.35. The number of para-hydroxylation sites is 1. The van der Waals surface area contributed by atoms with Crippen molar-refractivity contribution in [1.82, 2.24) is 30.1 Å². The van der Waals surface area contributed by atoms with Gasteiger partial charge < -0.3 is 34.6 Å². The van der Waals surface area contributed by atoms with E-state index in [0.29, 0.717) is 69.6 Å². The molecule has 3 N–H and O–H groups in total. The van der Waals surface area contributed by atoms with Crippen molar-refractivity contribution in [2.24, 2.45) is 5.92 Å². The van der Waals surface area contributed by atoms with E-state index in [4.69, 9.17) is 4.74 Å². The van der Waals surface area contributed by atoms with Crippen LogP contribution in [0.4, 0.5) is 56.5 Å². The number of hydrogen-bond acceptors (Lipinski definition) is 13. The number of imide groups is 1. The van der Waals surface area contributed by atoms with Crippen LogP contribution in [0.2, 0.25) is 0 Å². The van der Waals surface area contributed by atoms with Gasteiger partial charge in [0.15, 0.2) is 6.61 Å². The number of benzene rings is 3. The lowest BCUT2D eigenvalue weighted by atomic mass is 9.89. The zero-order valence-corrected chi connectivity index (χ0v) is 43.7. The third kappa shape index (κ3) is 12.4. The number of aryl methyl sites for hydroxylation is 1. The van der Waals surface area contributed by atoms with Gasteiger partial charge in [0.1, 0.15) is 30.3 Å². The molecular weight excluding hydrogens is 1030 g/mol. The molecule has 1 atom stereocenters. The van der Waals surface area contributed by atoms with E-state index in [0.717, 1.165) is 94.6 Å². The monoisotopic (exact) mass is 1090 g/mol. The van der Waals surface area contributed by atoms with E-state index >= 15 is 8.78 Å². The maximum absolute atomic E-state index is 15.2. The molecule has 0 bridgehead atoms. The minimum atomic E-state index is -4.57. The van der Waals surface area contributed by atoms with E-state index in [9.17, 15) is 27.3 Å². The molecule has 4 aliphatic rings. The maximum Gasteiger partial charge on any atom is 0.422 e. The Bertz CT molecular complexity index is 2860. The summed E-state index contributed by atoms with van der Waals surface area (Å²) in [6, 6.07) is 14.0. The topological polar surface area (TPSA) is 148 Å². The molecule has 0 saturated carbocycles. The van der Waals surface area contributed by atoms with Crippen LogP contribution < -0.4 is 35.8 Å². The van der Waals surface area contributed by atoms with Crippen LogP contribution in [0.5, 0.6) is 5.75 Å². The smallest absolute Gasteiger partial charge is 0.422 e. The fourth-order valence-electron chi connectivity index (χ4n) is 10.9. The molecule has 0 spiro atoms. The second kappa shape index (κ2) is 22.2. The SMILES string of the molecule is CCc1cc(Nc2ncc(Br)c(Nc3cnc4ccccc4c3P(C)(C)=O)n2)c(OCC(F)(F)F)cc1N1CCC(N2CCN(CCC3CCN(c4cc(F)c(C5CCC(=O)NC5=O)c(F)c4)CC3)CC2)CC1. The lowest BCUT2D eigenvalue weighted by Gasteiger charge is -2.44. The minimum absolute atomic E-state index is 0.0253. The molecular formula is C52H61BrF5N10O4P. The zero-order chi connectivity index (χ0) is 51.6. The molecule has 2 amide bonds. The summed E-state index contributed by atoms with van der Waals surface area (Å²) in [6.45, 7) is 11.6. The van der Waals surface area contributed by atoms with Crippen LogP contribution in [0.15, 0.2) is 65.4 Å². The Hall–Kier alpha value is -5.43. The molecule has 9 rings (SSSR count). The molecule has 21 heteroatoms. The number of amides is 2. The molecule has 5 aromatic rings. The second-order valence-electron chi connectivity index (χ2n) is 19.9. The fourth-order valence-corrected chi connectivity index (χ4v) is 12.6. The number of aromatic nitrogens is 3. The van der Waals surface area contributed by atoms with E-state index in [-0.39, 0.29) is 30.1 Å². The van der Waals surface area contributed by atoms with Crippen molar-refractivity contribution >= 4 is 85.6 Å². The molecule has 0 aliphatic carbocycles. The Morgan fingerprint density at radius 1 is 0.849 bits per heavy atom. The number of anilines is 6. The average Bonchev–Trinajstić information content (AvgIpc) is 3.36. The van der Waals surface area contributed by atoms with Crippen molar-refractivity contribution in [3.63, 3.8) is 0 Å². The van der Waals surface area contributed by atoms with E-state index in [2.05, 4.69) is 61.5 Å². The van der Waals surface area contributed by atoms with Crippen molar-refractivity contribution < 1.29 is 40.8 Å². The van der Waals surface area contributed by atoms with Crippen LogP contribution in [-0.2, 0) is 20.6 Å². The molecule has 6 heterocycles. The van der Waals surface area contributed by atoms with Gasteiger partial charge in [-0.3, -0.25) is 24.8 Å². The number of piperazine rings is 1. The summed E-state index contributed by atoms with van der Waals surface area (Å²) >= 11 is 3.52. The third-order valence-corrected chi connectivity index (χ3v) is 16.8. The molecule has 3 aromatic carbocycles. The summed E-state index contributed by atoms with van der Waals surface area (Å²) in [7, 11) is -2.83. The Morgan fingerprint density at radius 3 is 2.22 bits per heavy atom. The van der Waals surface area contributed by atoms with Gasteiger partial charge in [0.2, 0.25) is 17.8 Å². The van der Waals surface area contributed by atoms with Crippen molar-refractivity contribution in [3.05, 3.63) is 88.2 Å². The van der Waals surface area contributed by atoms with Crippen molar-refractivity contribution in [2.75, 3.05) is 99.3 Å². The Balaban J connectivity index is 0.783. The Morgan fingerprint density at radius 2 is 1.55 bits per heavy atom. The van der Waals surface area contributed by atoms with Crippen molar-refractivity contribution in [1.29, 1.82) is 0 Å². The van der Waals surface area contributed by atoms with Crippen LogP contribution in [0, 0.1) is 17.6 Å². The number of fused-ring (bicyclic) bond motifs is 1. The largest absolute Gasteiger partial charge is 0.482 e. The van der Waals surface area contributed by atoms with Gasteiger partial charge in [-0.25, -0.2) is 13.8 Å². The van der Waals surface area contributed by atoms with Crippen molar-refractivity contribution in [3.8, 4) is 5.75 Å². The number of carbonyl (C=O) groups is 2. The average molecular weight is 1100 g/mol. The number of hydrogen-bond donors (Lipinski definition) is 3. The summed E-state index contributed by atoms with van der Waals surface area (Å²) < 4.78 is 91.1. The first-order valence-corrected chi connectivity index (χ1v) is 28.5. The number of piperidine rings is 3. The third-order valence-electron chi connectivity index (χ3n) is 14.7. The first-order chi connectivity index (χ1) is 34.9. The van der Waals surface area contributed by atoms with Crippen LogP contribution in [-0.4, -0.2) is 128 Å². The number of pyridine rings is 1. The predicted molar refractivity (Wildman–Crippen MR) is 279 cm³/mol. The lowest BCUT2D eigenvalue weighted by Crippen LogP contribution is -2.53. The first-order valence-electron chi connectivity index (χ1n) is 25.1. The van der Waals surface area contributed by atoms with Gasteiger partial charge in [-0.2, -0.15) is 18.2 Å². The Labute approximate surface area is 430 Å². The van der Waals surface area contributed by atoms with E-state index in [1.807, 2.05) is 42.2 Å². The van der Waals surface area contributed by atoms with Gasteiger partial charge in [0.05, 0.1) is 33.5 Å². The molecule has 2 aromatic heterocycles. The summed E-state index contributed by atoms with van der Waals surface area (Å²) in [6.07, 6.45) is 4.03. The van der Waals surface area contributed by atoms with Gasteiger partial charge in [-0.1, -0.05) is 25.1 Å². The van der Waals surface area contributed by atoms with Crippen LogP contribution in [0.25, 0.3) is 10.9 Å². The van der Waals surface area contributed by atoms with Crippen LogP contribution >= 0.6 is 23.1 Å². The molecule has 390 valence electrons. The number of halogens is 6. The highest BCUT2D eigenvalue weighted by molar-refractivity contribution is 9.10. The van der Waals surface area contributed by atoms with Crippen LogP contribution in [0.1, 0.15) is 68.9 Å². The summed E-state index contributed by atoms with van der Waals surface area (Å²) in [4.78, 5) is 46.9. The lowest BCUT2D eigenvalue weighted by molar-refractivity contribution is -0.153. The highest BCUT2D eigenvalue weighted by Crippen LogP contribution is 2.43. The van der Waals surface area contributed by atoms with E-state index < -0.39 is 49.3 Å². The number of nitrogens with zero attached hydrogens (tertiary/aromatic N) is 7. The molecule has 4 saturated heterocycles. The summed E-state index contributed by atoms with van der Waals surface area (Å²) in [5.41, 5.74) is 3.47. The highest BCUT2D eigenvalue weighted by atomic mass is 79.9. The predicted octanol–water partition coefficient (Wildman–Crippen LogP) is 9.72. The standard InChI is InChI=1S/C52H61BrF5N10O4P/c1-4-33-25-42(62-51-60-29-38(53)49(64-51)61-43-30-59-41-8-6-5-7-36(41)48(43)73(2,3)71)45(72-31-52(56,57)58)28-44(33)68-19-14-34(15-20-68)67-23-21-65(22-24-67)16-11-32-12-17-66(18-13-32)35-26-39(54)47(40(55)27-35)37-9-10-46(69)63-50(37)70/h5-8,25-30,32,34,37H,4,9-24,31H2,1-3H3,(H,63,69,70)(H2,60,61,62,64). The van der Waals surface area contributed by atoms with E-state index in [1.165, 1.54) is 18.3 Å². The van der Waals surface area contributed by atoms with Gasteiger partial charge in [0.25, 0.3) is 0 Å². The van der Waals surface area contributed by atoms with Gasteiger partial charge in [0, 0.05) is 105 Å². The van der Waals surface area contributed by atoms with Gasteiger partial charge in [-0.15, -0.1) is 0 Å². The Kier molecular flexibility index (Phi) is 15.9. The maximum atomic E-state index is 15.2.